The van der Waals surface area contributed by atoms with Crippen LogP contribution in [0.15, 0.2) is 24.3 Å². The van der Waals surface area contributed by atoms with Crippen molar-refractivity contribution in [1.29, 1.82) is 0 Å². The first-order valence-corrected chi connectivity index (χ1v) is 9.95. The third kappa shape index (κ3) is 7.21. The van der Waals surface area contributed by atoms with Crippen LogP contribution in [0.25, 0.3) is 0 Å². The summed E-state index contributed by atoms with van der Waals surface area (Å²) in [5.74, 6) is 0.817. The molecule has 0 saturated heterocycles. The minimum absolute atomic E-state index is 0.0357. The fourth-order valence-electron chi connectivity index (χ4n) is 2.05. The summed E-state index contributed by atoms with van der Waals surface area (Å²) in [6, 6.07) is 6.68. The van der Waals surface area contributed by atoms with Crippen LogP contribution in [0.3, 0.4) is 0 Å². The van der Waals surface area contributed by atoms with Crippen molar-refractivity contribution in [3.8, 4) is 5.75 Å². The van der Waals surface area contributed by atoms with Gasteiger partial charge in [0.25, 0.3) is 0 Å². The molecule has 0 aromatic heterocycles. The molecular formula is C17H28N2O4S. The van der Waals surface area contributed by atoms with Crippen LogP contribution in [0.1, 0.15) is 34.1 Å². The molecule has 6 nitrogen and oxygen atoms in total. The molecule has 0 atom stereocenters. The summed E-state index contributed by atoms with van der Waals surface area (Å²) in [5, 5.41) is 2.75. The first-order valence-electron chi connectivity index (χ1n) is 8.10. The number of ether oxygens (including phenoxy) is 1. The highest BCUT2D eigenvalue weighted by Crippen LogP contribution is 2.22. The van der Waals surface area contributed by atoms with Crippen molar-refractivity contribution in [2.75, 3.05) is 23.7 Å². The van der Waals surface area contributed by atoms with Crippen molar-refractivity contribution in [3.05, 3.63) is 24.3 Å². The zero-order valence-electron chi connectivity index (χ0n) is 15.1. The Labute approximate surface area is 145 Å². The maximum Gasteiger partial charge on any atom is 0.240 e. The van der Waals surface area contributed by atoms with E-state index in [2.05, 4.69) is 19.2 Å². The van der Waals surface area contributed by atoms with E-state index in [9.17, 15) is 13.2 Å². The van der Waals surface area contributed by atoms with Crippen LogP contribution in [0.5, 0.6) is 5.75 Å². The predicted molar refractivity (Wildman–Crippen MR) is 96.9 cm³/mol. The van der Waals surface area contributed by atoms with Crippen LogP contribution in [-0.2, 0) is 14.8 Å². The lowest BCUT2D eigenvalue weighted by molar-refractivity contribution is -0.119. The van der Waals surface area contributed by atoms with E-state index in [1.165, 1.54) is 0 Å². The number of hydrogen-bond donors (Lipinski definition) is 1. The zero-order chi connectivity index (χ0) is 18.3. The van der Waals surface area contributed by atoms with E-state index in [0.29, 0.717) is 23.9 Å². The van der Waals surface area contributed by atoms with Gasteiger partial charge in [0.05, 0.1) is 18.0 Å². The molecule has 1 aromatic rings. The number of amides is 1. The molecule has 1 N–H and O–H groups in total. The van der Waals surface area contributed by atoms with Crippen molar-refractivity contribution in [2.24, 2.45) is 5.92 Å². The summed E-state index contributed by atoms with van der Waals surface area (Å²) in [6.45, 7) is 8.26. The number of sulfonamides is 1. The monoisotopic (exact) mass is 356 g/mol. The van der Waals surface area contributed by atoms with Gasteiger partial charge in [-0.3, -0.25) is 9.10 Å². The number of hydrogen-bond acceptors (Lipinski definition) is 4. The van der Waals surface area contributed by atoms with Crippen molar-refractivity contribution in [2.45, 2.75) is 40.2 Å². The number of nitrogens with zero attached hydrogens (tertiary/aromatic N) is 1. The normalized spacial score (nSPS) is 11.6. The van der Waals surface area contributed by atoms with Gasteiger partial charge < -0.3 is 10.1 Å². The van der Waals surface area contributed by atoms with Crippen LogP contribution in [0.4, 0.5) is 5.69 Å². The van der Waals surface area contributed by atoms with Gasteiger partial charge in [-0.15, -0.1) is 0 Å². The third-order valence-electron chi connectivity index (χ3n) is 3.23. The topological polar surface area (TPSA) is 75.7 Å². The molecular weight excluding hydrogens is 328 g/mol. The number of benzene rings is 1. The number of carbonyl (C=O) groups is 1. The smallest absolute Gasteiger partial charge is 0.240 e. The van der Waals surface area contributed by atoms with E-state index in [4.69, 9.17) is 4.74 Å². The molecule has 24 heavy (non-hydrogen) atoms. The van der Waals surface area contributed by atoms with Crippen molar-refractivity contribution in [3.63, 3.8) is 0 Å². The molecule has 0 heterocycles. The van der Waals surface area contributed by atoms with Gasteiger partial charge >= 0.3 is 0 Å². The second kappa shape index (κ2) is 8.92. The molecule has 0 spiro atoms. The van der Waals surface area contributed by atoms with E-state index in [1.54, 1.807) is 24.3 Å². The van der Waals surface area contributed by atoms with E-state index < -0.39 is 10.0 Å². The molecule has 0 fully saturated rings. The number of nitrogens with one attached hydrogen (secondary N) is 1. The third-order valence-corrected chi connectivity index (χ3v) is 4.37. The maximum atomic E-state index is 12.0. The van der Waals surface area contributed by atoms with Crippen LogP contribution in [0.2, 0.25) is 0 Å². The summed E-state index contributed by atoms with van der Waals surface area (Å²) in [4.78, 5) is 12.0. The Hall–Kier alpha value is -1.76. The molecule has 1 rings (SSSR count). The van der Waals surface area contributed by atoms with Crippen LogP contribution in [-0.4, -0.2) is 39.8 Å². The number of carbonyl (C=O) groups excluding carboxylic acids is 1. The molecule has 0 aliphatic carbocycles. The van der Waals surface area contributed by atoms with Crippen LogP contribution >= 0.6 is 0 Å². The Morgan fingerprint density at radius 3 is 2.21 bits per heavy atom. The van der Waals surface area contributed by atoms with Gasteiger partial charge in [0.15, 0.2) is 0 Å². The molecule has 136 valence electrons. The number of rotatable bonds is 9. The van der Waals surface area contributed by atoms with E-state index in [1.807, 2.05) is 13.8 Å². The first-order chi connectivity index (χ1) is 11.1. The average molecular weight is 356 g/mol. The van der Waals surface area contributed by atoms with Gasteiger partial charge in [-0.2, -0.15) is 0 Å². The summed E-state index contributed by atoms with van der Waals surface area (Å²) in [5.41, 5.74) is 0.438. The second-order valence-corrected chi connectivity index (χ2v) is 8.37. The fourth-order valence-corrected chi connectivity index (χ4v) is 2.91. The van der Waals surface area contributed by atoms with Crippen molar-refractivity contribution >= 4 is 21.6 Å². The zero-order valence-corrected chi connectivity index (χ0v) is 15.9. The summed E-state index contributed by atoms with van der Waals surface area (Å²) < 4.78 is 30.7. The van der Waals surface area contributed by atoms with Gasteiger partial charge in [-0.1, -0.05) is 13.8 Å². The summed E-state index contributed by atoms with van der Waals surface area (Å²) in [7, 11) is -3.56. The predicted octanol–water partition coefficient (Wildman–Crippen LogP) is 2.40. The Balaban J connectivity index is 2.81. The average Bonchev–Trinajstić information content (AvgIpc) is 2.43. The lowest BCUT2D eigenvalue weighted by Gasteiger charge is -2.22. The lowest BCUT2D eigenvalue weighted by Crippen LogP contribution is -2.40. The molecule has 0 aliphatic heterocycles. The SMILES string of the molecule is CC(C)CCNC(=O)CN(c1ccc(OC(C)C)cc1)S(C)(=O)=O. The van der Waals surface area contributed by atoms with E-state index >= 15 is 0 Å². The quantitative estimate of drug-likeness (QED) is 0.737. The molecule has 1 amide bonds. The van der Waals surface area contributed by atoms with Gasteiger partial charge in [-0.05, 0) is 50.5 Å². The Bertz CT molecular complexity index is 624. The molecule has 0 radical (unpaired) electrons. The van der Waals surface area contributed by atoms with Gasteiger partial charge in [0, 0.05) is 6.54 Å². The first kappa shape index (κ1) is 20.3. The fraction of sp³-hybridized carbons (Fsp3) is 0.588. The summed E-state index contributed by atoms with van der Waals surface area (Å²) in [6.07, 6.45) is 1.98. The standard InChI is InChI=1S/C17H28N2O4S/c1-13(2)10-11-18-17(20)12-19(24(5,21)22)15-6-8-16(9-7-15)23-14(3)4/h6-9,13-14H,10-12H2,1-5H3,(H,18,20). The Morgan fingerprint density at radius 2 is 1.75 bits per heavy atom. The molecule has 0 bridgehead atoms. The largest absolute Gasteiger partial charge is 0.491 e. The van der Waals surface area contributed by atoms with Crippen molar-refractivity contribution in [1.82, 2.24) is 5.32 Å². The van der Waals surface area contributed by atoms with Crippen LogP contribution < -0.4 is 14.4 Å². The van der Waals surface area contributed by atoms with E-state index in [0.717, 1.165) is 17.0 Å². The second-order valence-electron chi connectivity index (χ2n) is 6.46. The highest BCUT2D eigenvalue weighted by Gasteiger charge is 2.20. The van der Waals surface area contributed by atoms with Gasteiger partial charge in [0.2, 0.25) is 15.9 Å². The molecule has 0 unspecified atom stereocenters. The Morgan fingerprint density at radius 1 is 1.17 bits per heavy atom. The maximum absolute atomic E-state index is 12.0. The van der Waals surface area contributed by atoms with Crippen LogP contribution in [0, 0.1) is 5.92 Å². The molecule has 7 heteroatoms. The van der Waals surface area contributed by atoms with E-state index in [-0.39, 0.29) is 18.6 Å². The summed E-state index contributed by atoms with van der Waals surface area (Å²) >= 11 is 0. The molecule has 0 saturated carbocycles. The lowest BCUT2D eigenvalue weighted by atomic mass is 10.1. The minimum atomic E-state index is -3.56. The number of anilines is 1. The highest BCUT2D eigenvalue weighted by atomic mass is 32.2. The Kier molecular flexibility index (Phi) is 7.54. The van der Waals surface area contributed by atoms with Gasteiger partial charge in [-0.25, -0.2) is 8.42 Å². The minimum Gasteiger partial charge on any atom is -0.491 e. The highest BCUT2D eigenvalue weighted by molar-refractivity contribution is 7.92. The molecule has 1 aromatic carbocycles. The molecule has 0 aliphatic rings. The van der Waals surface area contributed by atoms with Gasteiger partial charge in [0.1, 0.15) is 12.3 Å². The van der Waals surface area contributed by atoms with Crippen molar-refractivity contribution < 1.29 is 17.9 Å².